The van der Waals surface area contributed by atoms with Gasteiger partial charge in [0.2, 0.25) is 5.91 Å². The number of carbonyl (C=O) groups excluding carboxylic acids is 1. The average Bonchev–Trinajstić information content (AvgIpc) is 3.34. The molecule has 5 heteroatoms. The smallest absolute Gasteiger partial charge is 0.226 e. The zero-order chi connectivity index (χ0) is 17.4. The molecule has 25 heavy (non-hydrogen) atoms. The van der Waals surface area contributed by atoms with Gasteiger partial charge in [0.15, 0.2) is 0 Å². The molecule has 2 fully saturated rings. The van der Waals surface area contributed by atoms with E-state index < -0.39 is 0 Å². The van der Waals surface area contributed by atoms with Gasteiger partial charge in [0.1, 0.15) is 5.75 Å². The summed E-state index contributed by atoms with van der Waals surface area (Å²) in [5.41, 5.74) is 2.33. The number of methoxy groups -OCH3 is 1. The predicted octanol–water partition coefficient (Wildman–Crippen LogP) is 3.17. The maximum atomic E-state index is 13.0. The molecular formula is C20H25N3O2. The number of piperidine rings is 1. The number of amides is 1. The zero-order valence-corrected chi connectivity index (χ0v) is 14.9. The molecule has 5 nitrogen and oxygen atoms in total. The average molecular weight is 339 g/mol. The molecular weight excluding hydrogens is 314 g/mol. The van der Waals surface area contributed by atoms with Gasteiger partial charge in [0.25, 0.3) is 0 Å². The highest BCUT2D eigenvalue weighted by Crippen LogP contribution is 2.51. The number of para-hydroxylation sites is 1. The first kappa shape index (κ1) is 16.2. The molecule has 0 spiro atoms. The highest BCUT2D eigenvalue weighted by molar-refractivity contribution is 5.83. The van der Waals surface area contributed by atoms with Crippen LogP contribution in [0.1, 0.15) is 42.3 Å². The molecule has 1 aromatic carbocycles. The lowest BCUT2D eigenvalue weighted by atomic mass is 10.0. The number of nitrogens with zero attached hydrogens (tertiary/aromatic N) is 3. The van der Waals surface area contributed by atoms with Crippen LogP contribution in [0.5, 0.6) is 5.75 Å². The fraction of sp³-hybridized carbons (Fsp3) is 0.500. The van der Waals surface area contributed by atoms with Gasteiger partial charge < -0.3 is 9.64 Å². The van der Waals surface area contributed by atoms with E-state index in [1.807, 2.05) is 34.0 Å². The minimum absolute atomic E-state index is 0.106. The summed E-state index contributed by atoms with van der Waals surface area (Å²) in [7, 11) is 1.69. The zero-order valence-electron chi connectivity index (χ0n) is 14.9. The Balaban J connectivity index is 1.43. The SMILES string of the molecule is COc1ccccc1[C@@H]1C[C@H]1C(=O)N1CCC[C@H](n2cc(C)cn2)C1. The first-order valence-corrected chi connectivity index (χ1v) is 9.10. The van der Waals surface area contributed by atoms with E-state index in [2.05, 4.69) is 24.3 Å². The second-order valence-electron chi connectivity index (χ2n) is 7.27. The molecule has 2 heterocycles. The molecule has 0 bridgehead atoms. The van der Waals surface area contributed by atoms with Gasteiger partial charge >= 0.3 is 0 Å². The molecule has 2 aliphatic rings. The van der Waals surface area contributed by atoms with E-state index in [0.717, 1.165) is 38.1 Å². The molecule has 1 aliphatic heterocycles. The van der Waals surface area contributed by atoms with Crippen molar-refractivity contribution in [2.24, 2.45) is 5.92 Å². The Bertz CT molecular complexity index is 770. The van der Waals surface area contributed by atoms with E-state index in [-0.39, 0.29) is 5.92 Å². The van der Waals surface area contributed by atoms with Crippen LogP contribution in [0.3, 0.4) is 0 Å². The largest absolute Gasteiger partial charge is 0.496 e. The van der Waals surface area contributed by atoms with Crippen molar-refractivity contribution in [1.82, 2.24) is 14.7 Å². The molecule has 1 aliphatic carbocycles. The maximum absolute atomic E-state index is 13.0. The van der Waals surface area contributed by atoms with E-state index in [1.54, 1.807) is 7.11 Å². The molecule has 0 unspecified atom stereocenters. The molecule has 1 saturated carbocycles. The van der Waals surface area contributed by atoms with Gasteiger partial charge in [-0.25, -0.2) is 0 Å². The summed E-state index contributed by atoms with van der Waals surface area (Å²) in [6.07, 6.45) is 7.03. The number of aryl methyl sites for hydroxylation is 1. The van der Waals surface area contributed by atoms with Crippen molar-refractivity contribution in [3.63, 3.8) is 0 Å². The monoisotopic (exact) mass is 339 g/mol. The molecule has 0 N–H and O–H groups in total. The summed E-state index contributed by atoms with van der Waals surface area (Å²) < 4.78 is 7.49. The molecule has 0 radical (unpaired) electrons. The van der Waals surface area contributed by atoms with Crippen LogP contribution in [0.15, 0.2) is 36.7 Å². The Kier molecular flexibility index (Phi) is 4.24. The summed E-state index contributed by atoms with van der Waals surface area (Å²) in [5, 5.41) is 4.44. The number of hydrogen-bond acceptors (Lipinski definition) is 3. The van der Waals surface area contributed by atoms with Crippen molar-refractivity contribution < 1.29 is 9.53 Å². The topological polar surface area (TPSA) is 47.4 Å². The number of rotatable bonds is 4. The first-order valence-electron chi connectivity index (χ1n) is 9.10. The molecule has 1 aromatic heterocycles. The van der Waals surface area contributed by atoms with Crippen molar-refractivity contribution in [3.05, 3.63) is 47.8 Å². The van der Waals surface area contributed by atoms with Crippen LogP contribution in [-0.4, -0.2) is 40.8 Å². The van der Waals surface area contributed by atoms with E-state index >= 15 is 0 Å². The molecule has 1 saturated heterocycles. The molecule has 132 valence electrons. The Labute approximate surface area is 148 Å². The van der Waals surface area contributed by atoms with Crippen molar-refractivity contribution in [1.29, 1.82) is 0 Å². The van der Waals surface area contributed by atoms with Crippen LogP contribution >= 0.6 is 0 Å². The summed E-state index contributed by atoms with van der Waals surface area (Å²) >= 11 is 0. The Morgan fingerprint density at radius 3 is 2.92 bits per heavy atom. The van der Waals surface area contributed by atoms with Crippen LogP contribution in [-0.2, 0) is 4.79 Å². The van der Waals surface area contributed by atoms with Crippen molar-refractivity contribution in [2.75, 3.05) is 20.2 Å². The number of benzene rings is 1. The quantitative estimate of drug-likeness (QED) is 0.859. The van der Waals surface area contributed by atoms with Crippen LogP contribution in [0.4, 0.5) is 0 Å². The van der Waals surface area contributed by atoms with Gasteiger partial charge in [-0.3, -0.25) is 9.48 Å². The standard InChI is InChI=1S/C20H25N3O2/c1-14-11-21-23(12-14)15-6-5-9-22(13-15)20(24)18-10-17(18)16-7-3-4-8-19(16)25-2/h3-4,7-8,11-12,15,17-18H,5-6,9-10,13H2,1-2H3/t15-,17-,18+/m0/s1. The number of hydrogen-bond donors (Lipinski definition) is 0. The highest BCUT2D eigenvalue weighted by atomic mass is 16.5. The molecule has 2 aromatic rings. The third kappa shape index (κ3) is 3.15. The number of ether oxygens (including phenoxy) is 1. The van der Waals surface area contributed by atoms with Crippen molar-refractivity contribution in [2.45, 2.75) is 38.1 Å². The number of aromatic nitrogens is 2. The minimum atomic E-state index is 0.106. The van der Waals surface area contributed by atoms with Gasteiger partial charge in [0, 0.05) is 25.2 Å². The minimum Gasteiger partial charge on any atom is -0.496 e. The van der Waals surface area contributed by atoms with Crippen LogP contribution in [0.25, 0.3) is 0 Å². The second-order valence-corrected chi connectivity index (χ2v) is 7.27. The van der Waals surface area contributed by atoms with Gasteiger partial charge in [-0.2, -0.15) is 5.10 Å². The lowest BCUT2D eigenvalue weighted by molar-refractivity contribution is -0.134. The summed E-state index contributed by atoms with van der Waals surface area (Å²) in [5.74, 6) is 1.60. The Morgan fingerprint density at radius 1 is 1.32 bits per heavy atom. The lowest BCUT2D eigenvalue weighted by Crippen LogP contribution is -2.41. The van der Waals surface area contributed by atoms with Gasteiger partial charge in [-0.15, -0.1) is 0 Å². The van der Waals surface area contributed by atoms with E-state index in [0.29, 0.717) is 17.9 Å². The molecule has 4 rings (SSSR count). The normalized spacial score (nSPS) is 25.7. The fourth-order valence-corrected chi connectivity index (χ4v) is 4.02. The lowest BCUT2D eigenvalue weighted by Gasteiger charge is -2.33. The van der Waals surface area contributed by atoms with E-state index in [1.165, 1.54) is 11.1 Å². The van der Waals surface area contributed by atoms with Crippen molar-refractivity contribution >= 4 is 5.91 Å². The Morgan fingerprint density at radius 2 is 2.16 bits per heavy atom. The molecule has 3 atom stereocenters. The van der Waals surface area contributed by atoms with Crippen molar-refractivity contribution in [3.8, 4) is 5.75 Å². The summed E-state index contributed by atoms with van der Waals surface area (Å²) in [6, 6.07) is 8.36. The number of likely N-dealkylation sites (tertiary alicyclic amines) is 1. The van der Waals surface area contributed by atoms with Gasteiger partial charge in [0.05, 0.1) is 19.3 Å². The van der Waals surface area contributed by atoms with E-state index in [9.17, 15) is 4.79 Å². The van der Waals surface area contributed by atoms with Crippen LogP contribution in [0.2, 0.25) is 0 Å². The maximum Gasteiger partial charge on any atom is 0.226 e. The third-order valence-electron chi connectivity index (χ3n) is 5.46. The molecule has 1 amide bonds. The van der Waals surface area contributed by atoms with Crippen LogP contribution < -0.4 is 4.74 Å². The Hall–Kier alpha value is -2.30. The number of carbonyl (C=O) groups is 1. The second kappa shape index (κ2) is 6.54. The predicted molar refractivity (Wildman–Crippen MR) is 95.7 cm³/mol. The van der Waals surface area contributed by atoms with Gasteiger partial charge in [-0.1, -0.05) is 18.2 Å². The van der Waals surface area contributed by atoms with Crippen LogP contribution in [0, 0.1) is 12.8 Å². The third-order valence-corrected chi connectivity index (χ3v) is 5.46. The highest BCUT2D eigenvalue weighted by Gasteiger charge is 2.47. The van der Waals surface area contributed by atoms with Gasteiger partial charge in [-0.05, 0) is 49.3 Å². The first-order chi connectivity index (χ1) is 12.2. The fourth-order valence-electron chi connectivity index (χ4n) is 4.02. The van der Waals surface area contributed by atoms with E-state index in [4.69, 9.17) is 4.74 Å². The summed E-state index contributed by atoms with van der Waals surface area (Å²) in [6.45, 7) is 3.69. The summed E-state index contributed by atoms with van der Waals surface area (Å²) in [4.78, 5) is 15.0.